The summed E-state index contributed by atoms with van der Waals surface area (Å²) in [5.41, 5.74) is 12.1. The lowest BCUT2D eigenvalue weighted by molar-refractivity contribution is 0.477. The predicted octanol–water partition coefficient (Wildman–Crippen LogP) is 15.2. The van der Waals surface area contributed by atoms with Crippen molar-refractivity contribution in [1.29, 1.82) is 0 Å². The van der Waals surface area contributed by atoms with E-state index in [1.54, 1.807) is 12.1 Å². The number of phenolic OH excluding ortho intramolecular Hbond substituents is 1. The highest BCUT2D eigenvalue weighted by atomic mass is 16.3. The molecule has 9 rings (SSSR count). The van der Waals surface area contributed by atoms with Crippen molar-refractivity contribution >= 4 is 11.0 Å². The third-order valence-electron chi connectivity index (χ3n) is 11.3. The predicted molar refractivity (Wildman–Crippen MR) is 255 cm³/mol. The van der Waals surface area contributed by atoms with Gasteiger partial charge in [-0.2, -0.15) is 0 Å². The van der Waals surface area contributed by atoms with Gasteiger partial charge in [-0.05, 0) is 135 Å². The number of nitrogens with zero attached hydrogens (tertiary/aromatic N) is 3. The highest BCUT2D eigenvalue weighted by Gasteiger charge is 2.24. The summed E-state index contributed by atoms with van der Waals surface area (Å²) in [6.07, 6.45) is -0.454. The molecule has 7 aromatic carbocycles. The van der Waals surface area contributed by atoms with E-state index >= 15 is 0 Å². The normalized spacial score (nSPS) is 13.3. The van der Waals surface area contributed by atoms with E-state index in [9.17, 15) is 6.48 Å². The average molecular weight is 801 g/mol. The van der Waals surface area contributed by atoms with Crippen molar-refractivity contribution in [2.45, 2.75) is 59.8 Å². The molecule has 0 atom stereocenters. The minimum Gasteiger partial charge on any atom is -0.507 e. The molecule has 0 saturated heterocycles. The Kier molecular flexibility index (Phi) is 8.27. The fourth-order valence-corrected chi connectivity index (χ4v) is 8.14. The summed E-state index contributed by atoms with van der Waals surface area (Å²) < 4.78 is 64.0. The third kappa shape index (κ3) is 7.55. The molecule has 0 amide bonds. The SMILES string of the molecule is [2H]c1nc(-c2cc(-c3cccc4c3nc(-c3ccccc3O)n4-c3ccc(-c4c(-c5ccccc5)cccc4C(C)C)cc3C)cc(C(C)(C)C)c2)c([2H])c(-c2c([2H])c([2H])c(C)c([2H])c2[2H])c1[2H]. The first-order chi connectivity index (χ1) is 32.4. The molecule has 61 heavy (non-hydrogen) atoms. The van der Waals surface area contributed by atoms with Crippen molar-refractivity contribution in [3.05, 3.63) is 192 Å². The van der Waals surface area contributed by atoms with Gasteiger partial charge in [-0.1, -0.05) is 149 Å². The van der Waals surface area contributed by atoms with E-state index in [0.717, 1.165) is 50.1 Å². The Morgan fingerprint density at radius 3 is 2.07 bits per heavy atom. The third-order valence-corrected chi connectivity index (χ3v) is 11.3. The number of hydrogen-bond donors (Lipinski definition) is 1. The number of aromatic hydroxyl groups is 1. The van der Waals surface area contributed by atoms with Crippen LogP contribution in [-0.2, 0) is 5.41 Å². The molecule has 0 fully saturated rings. The summed E-state index contributed by atoms with van der Waals surface area (Å²) in [4.78, 5) is 9.84. The molecule has 4 nitrogen and oxygen atoms in total. The monoisotopic (exact) mass is 800 g/mol. The van der Waals surface area contributed by atoms with Crippen molar-refractivity contribution in [3.8, 4) is 78.6 Å². The van der Waals surface area contributed by atoms with Gasteiger partial charge in [0.05, 0.1) is 37.6 Å². The highest BCUT2D eigenvalue weighted by molar-refractivity contribution is 5.97. The lowest BCUT2D eigenvalue weighted by atomic mass is 9.83. The lowest BCUT2D eigenvalue weighted by Crippen LogP contribution is -2.11. The van der Waals surface area contributed by atoms with Gasteiger partial charge >= 0.3 is 0 Å². The molecular formula is C57H51N3O. The Balaban J connectivity index is 1.27. The number of aromatic nitrogens is 3. The maximum atomic E-state index is 11.4. The maximum Gasteiger partial charge on any atom is 0.149 e. The molecule has 0 spiro atoms. The van der Waals surface area contributed by atoms with Gasteiger partial charge in [0.15, 0.2) is 0 Å². The van der Waals surface area contributed by atoms with Crippen LogP contribution in [0.2, 0.25) is 0 Å². The van der Waals surface area contributed by atoms with Gasteiger partial charge in [0.25, 0.3) is 0 Å². The molecule has 0 saturated carbocycles. The zero-order valence-electron chi connectivity index (χ0n) is 42.5. The van der Waals surface area contributed by atoms with E-state index in [4.69, 9.17) is 13.2 Å². The summed E-state index contributed by atoms with van der Waals surface area (Å²) in [5.74, 6) is 0.906. The summed E-state index contributed by atoms with van der Waals surface area (Å²) >= 11 is 0. The Morgan fingerprint density at radius 2 is 1.33 bits per heavy atom. The summed E-state index contributed by atoms with van der Waals surface area (Å²) in [5, 5.41) is 11.4. The van der Waals surface area contributed by atoms with Gasteiger partial charge in [0.2, 0.25) is 0 Å². The second-order valence-corrected chi connectivity index (χ2v) is 17.0. The molecule has 300 valence electrons. The number of para-hydroxylation sites is 2. The second-order valence-electron chi connectivity index (χ2n) is 17.0. The number of benzene rings is 7. The first-order valence-electron chi connectivity index (χ1n) is 24.2. The summed E-state index contributed by atoms with van der Waals surface area (Å²) in [6.45, 7) is 14.3. The van der Waals surface area contributed by atoms with Crippen LogP contribution in [-0.4, -0.2) is 19.6 Å². The Bertz CT molecular complexity index is 3450. The van der Waals surface area contributed by atoms with Crippen LogP contribution in [0.25, 0.3) is 83.9 Å². The Hall–Kier alpha value is -7.04. The van der Waals surface area contributed by atoms with Crippen LogP contribution in [0.5, 0.6) is 5.75 Å². The van der Waals surface area contributed by atoms with Gasteiger partial charge in [-0.15, -0.1) is 0 Å². The van der Waals surface area contributed by atoms with Crippen molar-refractivity contribution in [2.75, 3.05) is 0 Å². The van der Waals surface area contributed by atoms with E-state index in [2.05, 4.69) is 118 Å². The first kappa shape index (κ1) is 31.8. The molecule has 4 heteroatoms. The van der Waals surface area contributed by atoms with Crippen molar-refractivity contribution in [3.63, 3.8) is 0 Å². The van der Waals surface area contributed by atoms with Crippen LogP contribution in [0.3, 0.4) is 0 Å². The van der Waals surface area contributed by atoms with Crippen LogP contribution in [0.15, 0.2) is 170 Å². The molecule has 0 bridgehead atoms. The molecule has 0 aliphatic rings. The molecular weight excluding hydrogens is 743 g/mol. The van der Waals surface area contributed by atoms with Crippen LogP contribution in [0, 0.1) is 13.8 Å². The minimum absolute atomic E-state index is 0.0727. The quantitative estimate of drug-likeness (QED) is 0.167. The van der Waals surface area contributed by atoms with Crippen molar-refractivity contribution < 1.29 is 14.7 Å². The molecule has 2 heterocycles. The van der Waals surface area contributed by atoms with Crippen LogP contribution in [0.4, 0.5) is 0 Å². The second kappa shape index (κ2) is 15.9. The summed E-state index contributed by atoms with van der Waals surface area (Å²) in [6, 6.07) is 40.6. The topological polar surface area (TPSA) is 50.9 Å². The van der Waals surface area contributed by atoms with Crippen LogP contribution < -0.4 is 0 Å². The highest BCUT2D eigenvalue weighted by Crippen LogP contribution is 2.43. The zero-order valence-corrected chi connectivity index (χ0v) is 35.5. The van der Waals surface area contributed by atoms with Gasteiger partial charge in [0.1, 0.15) is 11.6 Å². The van der Waals surface area contributed by atoms with E-state index in [0.29, 0.717) is 22.5 Å². The molecule has 1 N–H and O–H groups in total. The number of fused-ring (bicyclic) bond motifs is 1. The number of rotatable bonds is 8. The van der Waals surface area contributed by atoms with Crippen LogP contribution in [0.1, 0.15) is 72.4 Å². The molecule has 0 radical (unpaired) electrons. The minimum atomic E-state index is -0.454. The fraction of sp³-hybridized carbons (Fsp3) is 0.158. The van der Waals surface area contributed by atoms with Gasteiger partial charge in [0, 0.05) is 17.3 Å². The molecule has 0 aliphatic carbocycles. The van der Waals surface area contributed by atoms with Gasteiger partial charge in [-0.3, -0.25) is 9.55 Å². The lowest BCUT2D eigenvalue weighted by Gasteiger charge is -2.22. The Morgan fingerprint density at radius 1 is 0.623 bits per heavy atom. The number of pyridine rings is 1. The maximum absolute atomic E-state index is 11.4. The largest absolute Gasteiger partial charge is 0.507 e. The first-order valence-corrected chi connectivity index (χ1v) is 20.7. The average Bonchev–Trinajstić information content (AvgIpc) is 3.71. The number of phenols is 1. The van der Waals surface area contributed by atoms with E-state index < -0.39 is 17.6 Å². The van der Waals surface area contributed by atoms with Crippen molar-refractivity contribution in [2.24, 2.45) is 0 Å². The number of hydrogen-bond acceptors (Lipinski definition) is 3. The zero-order chi connectivity index (χ0) is 48.5. The van der Waals surface area contributed by atoms with E-state index in [-0.39, 0.29) is 64.3 Å². The van der Waals surface area contributed by atoms with E-state index in [1.165, 1.54) is 18.1 Å². The Labute approximate surface area is 369 Å². The number of aryl methyl sites for hydroxylation is 1. The van der Waals surface area contributed by atoms with E-state index in [1.807, 2.05) is 48.5 Å². The molecule has 0 unspecified atom stereocenters. The molecule has 2 aromatic heterocycles. The smallest absolute Gasteiger partial charge is 0.149 e. The van der Waals surface area contributed by atoms with Gasteiger partial charge < -0.3 is 5.11 Å². The summed E-state index contributed by atoms with van der Waals surface area (Å²) in [7, 11) is 0. The standard InChI is InChI=1S/C57H51N3O/c1-36(2)46-18-13-19-47(40-15-9-8-10-16-40)54(46)42-27-28-51(38(4)31-42)60-52-21-14-20-48(55(52)59-56(60)49-17-11-12-22-53(49)61)43-32-44(34-45(33-43)57(5,6)7)50-35-41(29-30-58-50)39-25-23-37(3)24-26-39/h8-36,61H,1-7H3/i23D,24D,25D,26D,29D,30D,35D. The fourth-order valence-electron chi connectivity index (χ4n) is 8.14. The van der Waals surface area contributed by atoms with Crippen LogP contribution >= 0.6 is 0 Å². The van der Waals surface area contributed by atoms with Gasteiger partial charge in [-0.25, -0.2) is 4.98 Å². The van der Waals surface area contributed by atoms with Crippen molar-refractivity contribution in [1.82, 2.24) is 14.5 Å². The number of imidazole rings is 1. The molecule has 0 aliphatic heterocycles. The molecule has 9 aromatic rings.